The molecule has 0 bridgehead atoms. The summed E-state index contributed by atoms with van der Waals surface area (Å²) in [6.07, 6.45) is 3.22. The molecule has 0 amide bonds. The molecule has 1 N–H and O–H groups in total. The van der Waals surface area contributed by atoms with Crippen LogP contribution < -0.4 is 4.74 Å². The van der Waals surface area contributed by atoms with Crippen molar-refractivity contribution >= 4 is 8.07 Å². The summed E-state index contributed by atoms with van der Waals surface area (Å²) < 4.78 is 10.8. The first kappa shape index (κ1) is 14.1. The Labute approximate surface area is 104 Å². The zero-order valence-electron chi connectivity index (χ0n) is 10.8. The second kappa shape index (κ2) is 6.73. The fourth-order valence-electron chi connectivity index (χ4n) is 1.21. The lowest BCUT2D eigenvalue weighted by Gasteiger charge is -2.15. The summed E-state index contributed by atoms with van der Waals surface area (Å²) >= 11 is 0. The van der Waals surface area contributed by atoms with Gasteiger partial charge in [-0.3, -0.25) is 4.98 Å². The molecule has 5 heteroatoms. The summed E-state index contributed by atoms with van der Waals surface area (Å²) in [6, 6.07) is 2.85. The van der Waals surface area contributed by atoms with Crippen LogP contribution in [0.1, 0.15) is 5.56 Å². The van der Waals surface area contributed by atoms with Crippen molar-refractivity contribution in [2.45, 2.75) is 32.3 Å². The van der Waals surface area contributed by atoms with Crippen LogP contribution in [0.4, 0.5) is 0 Å². The molecule has 0 saturated carbocycles. The zero-order valence-corrected chi connectivity index (χ0v) is 11.8. The van der Waals surface area contributed by atoms with E-state index in [0.717, 1.165) is 18.2 Å². The monoisotopic (exact) mass is 255 g/mol. The van der Waals surface area contributed by atoms with Gasteiger partial charge in [0.05, 0.1) is 12.8 Å². The maximum Gasteiger partial charge on any atom is 0.189 e. The van der Waals surface area contributed by atoms with E-state index < -0.39 is 8.07 Å². The van der Waals surface area contributed by atoms with Crippen molar-refractivity contribution in [3.63, 3.8) is 0 Å². The highest BCUT2D eigenvalue weighted by atomic mass is 28.3. The van der Waals surface area contributed by atoms with Crippen LogP contribution >= 0.6 is 0 Å². The van der Waals surface area contributed by atoms with E-state index in [-0.39, 0.29) is 13.4 Å². The Balaban J connectivity index is 2.27. The van der Waals surface area contributed by atoms with E-state index in [9.17, 15) is 0 Å². The molecule has 0 aromatic carbocycles. The van der Waals surface area contributed by atoms with E-state index >= 15 is 0 Å². The molecule has 0 aliphatic heterocycles. The van der Waals surface area contributed by atoms with E-state index in [2.05, 4.69) is 24.6 Å². The topological polar surface area (TPSA) is 51.6 Å². The number of aliphatic hydroxyl groups is 1. The van der Waals surface area contributed by atoms with Gasteiger partial charge in [0.1, 0.15) is 5.75 Å². The van der Waals surface area contributed by atoms with Gasteiger partial charge in [0, 0.05) is 26.4 Å². The highest BCUT2D eigenvalue weighted by molar-refractivity contribution is 6.76. The SMILES string of the molecule is C[Si](C)(C)CCOCOc1cnccc1CO. The highest BCUT2D eigenvalue weighted by Gasteiger charge is 2.12. The molecule has 1 aromatic heterocycles. The van der Waals surface area contributed by atoms with E-state index in [4.69, 9.17) is 14.6 Å². The predicted octanol–water partition coefficient (Wildman–Crippen LogP) is 2.27. The fourth-order valence-corrected chi connectivity index (χ4v) is 1.97. The fraction of sp³-hybridized carbons (Fsp3) is 0.583. The Kier molecular flexibility index (Phi) is 5.60. The Morgan fingerprint density at radius 2 is 2.12 bits per heavy atom. The highest BCUT2D eigenvalue weighted by Crippen LogP contribution is 2.16. The summed E-state index contributed by atoms with van der Waals surface area (Å²) in [5, 5.41) is 9.08. The number of aliphatic hydroxyl groups excluding tert-OH is 1. The quantitative estimate of drug-likeness (QED) is 0.461. The molecule has 96 valence electrons. The Bertz CT molecular complexity index is 339. The molecule has 1 heterocycles. The van der Waals surface area contributed by atoms with Crippen molar-refractivity contribution in [3.05, 3.63) is 24.0 Å². The van der Waals surface area contributed by atoms with Gasteiger partial charge in [0.25, 0.3) is 0 Å². The molecule has 1 rings (SSSR count). The third-order valence-corrected chi connectivity index (χ3v) is 4.04. The van der Waals surface area contributed by atoms with Crippen LogP contribution in [0.3, 0.4) is 0 Å². The van der Waals surface area contributed by atoms with Crippen molar-refractivity contribution in [1.29, 1.82) is 0 Å². The van der Waals surface area contributed by atoms with Gasteiger partial charge in [0.2, 0.25) is 0 Å². The van der Waals surface area contributed by atoms with Gasteiger partial charge in [-0.25, -0.2) is 0 Å². The summed E-state index contributed by atoms with van der Waals surface area (Å²) in [7, 11) is -1.04. The predicted molar refractivity (Wildman–Crippen MR) is 69.8 cm³/mol. The number of ether oxygens (including phenoxy) is 2. The first-order chi connectivity index (χ1) is 8.03. The minimum absolute atomic E-state index is 0.0489. The van der Waals surface area contributed by atoms with E-state index in [1.807, 2.05) is 0 Å². The molecule has 0 aliphatic carbocycles. The molecule has 1 aromatic rings. The van der Waals surface area contributed by atoms with Crippen LogP contribution in [0.2, 0.25) is 25.7 Å². The standard InChI is InChI=1S/C12H21NO3Si/c1-17(2,3)7-6-15-10-16-12-8-13-5-4-11(12)9-14/h4-5,8,14H,6-7,9-10H2,1-3H3. The second-order valence-corrected chi connectivity index (χ2v) is 10.7. The van der Waals surface area contributed by atoms with Crippen LogP contribution in [0.5, 0.6) is 5.75 Å². The van der Waals surface area contributed by atoms with Gasteiger partial charge < -0.3 is 14.6 Å². The molecule has 0 spiro atoms. The van der Waals surface area contributed by atoms with Gasteiger partial charge in [0.15, 0.2) is 6.79 Å². The zero-order chi connectivity index (χ0) is 12.7. The third-order valence-electron chi connectivity index (χ3n) is 2.33. The maximum atomic E-state index is 9.08. The molecule has 0 aliphatic rings. The molecule has 0 saturated heterocycles. The first-order valence-electron chi connectivity index (χ1n) is 5.77. The largest absolute Gasteiger partial charge is 0.466 e. The number of aromatic nitrogens is 1. The minimum atomic E-state index is -1.04. The van der Waals surface area contributed by atoms with Gasteiger partial charge in [-0.15, -0.1) is 0 Å². The molecule has 4 nitrogen and oxygen atoms in total. The van der Waals surface area contributed by atoms with Gasteiger partial charge >= 0.3 is 0 Å². The van der Waals surface area contributed by atoms with Crippen LogP contribution in [0.15, 0.2) is 18.5 Å². The van der Waals surface area contributed by atoms with Crippen LogP contribution in [0.25, 0.3) is 0 Å². The molecule has 0 radical (unpaired) electrons. The van der Waals surface area contributed by atoms with Crippen molar-refractivity contribution in [2.24, 2.45) is 0 Å². The third kappa shape index (κ3) is 5.81. The summed E-state index contributed by atoms with van der Waals surface area (Å²) in [5.74, 6) is 0.586. The van der Waals surface area contributed by atoms with Crippen LogP contribution in [0, 0.1) is 0 Å². The second-order valence-electron chi connectivity index (χ2n) is 5.12. The molecular weight excluding hydrogens is 234 g/mol. The molecular formula is C12H21NO3Si. The van der Waals surface area contributed by atoms with E-state index in [0.29, 0.717) is 5.75 Å². The van der Waals surface area contributed by atoms with E-state index in [1.165, 1.54) is 0 Å². The lowest BCUT2D eigenvalue weighted by atomic mass is 10.3. The number of hydrogen-bond acceptors (Lipinski definition) is 4. The first-order valence-corrected chi connectivity index (χ1v) is 9.48. The smallest absolute Gasteiger partial charge is 0.189 e. The van der Waals surface area contributed by atoms with Crippen molar-refractivity contribution in [1.82, 2.24) is 4.98 Å². The van der Waals surface area contributed by atoms with Crippen molar-refractivity contribution in [2.75, 3.05) is 13.4 Å². The lowest BCUT2D eigenvalue weighted by Crippen LogP contribution is -2.22. The normalized spacial score (nSPS) is 11.5. The van der Waals surface area contributed by atoms with E-state index in [1.54, 1.807) is 18.5 Å². The van der Waals surface area contributed by atoms with Crippen molar-refractivity contribution in [3.8, 4) is 5.75 Å². The van der Waals surface area contributed by atoms with Gasteiger partial charge in [-0.05, 0) is 12.1 Å². The number of hydrogen-bond donors (Lipinski definition) is 1. The van der Waals surface area contributed by atoms with Gasteiger partial charge in [-0.1, -0.05) is 19.6 Å². The Morgan fingerprint density at radius 3 is 2.76 bits per heavy atom. The Hall–Kier alpha value is -0.913. The number of rotatable bonds is 7. The average Bonchev–Trinajstić information content (AvgIpc) is 2.27. The summed E-state index contributed by atoms with van der Waals surface area (Å²) in [5.41, 5.74) is 0.730. The average molecular weight is 255 g/mol. The summed E-state index contributed by atoms with van der Waals surface area (Å²) in [6.45, 7) is 7.81. The lowest BCUT2D eigenvalue weighted by molar-refractivity contribution is 0.0206. The number of pyridine rings is 1. The summed E-state index contributed by atoms with van der Waals surface area (Å²) in [4.78, 5) is 3.95. The Morgan fingerprint density at radius 1 is 1.35 bits per heavy atom. The molecule has 0 atom stereocenters. The molecule has 0 fully saturated rings. The molecule has 0 unspecified atom stereocenters. The van der Waals surface area contributed by atoms with Crippen LogP contribution in [-0.4, -0.2) is 31.6 Å². The maximum absolute atomic E-state index is 9.08. The molecule has 17 heavy (non-hydrogen) atoms. The van der Waals surface area contributed by atoms with Crippen LogP contribution in [-0.2, 0) is 11.3 Å². The van der Waals surface area contributed by atoms with Crippen molar-refractivity contribution < 1.29 is 14.6 Å². The van der Waals surface area contributed by atoms with Gasteiger partial charge in [-0.2, -0.15) is 0 Å². The number of nitrogens with zero attached hydrogens (tertiary/aromatic N) is 1. The minimum Gasteiger partial charge on any atom is -0.466 e.